The molecule has 1 aromatic carbocycles. The Balaban J connectivity index is 1.19. The van der Waals surface area contributed by atoms with Crippen LogP contribution in [0.4, 0.5) is 5.13 Å². The summed E-state index contributed by atoms with van der Waals surface area (Å²) in [6, 6.07) is 14.2. The lowest BCUT2D eigenvalue weighted by atomic mass is 10.2. The number of hydrogen-bond acceptors (Lipinski definition) is 9. The van der Waals surface area contributed by atoms with Gasteiger partial charge in [-0.1, -0.05) is 64.7 Å². The zero-order chi connectivity index (χ0) is 18.3. The normalized spacial score (nSPS) is 11.0. The third-order valence-electron chi connectivity index (χ3n) is 3.66. The van der Waals surface area contributed by atoms with Gasteiger partial charge in [0.2, 0.25) is 16.8 Å². The minimum Gasteiger partial charge on any atom is -0.356 e. The number of thioether (sulfide) groups is 1. The van der Waals surface area contributed by atoms with Crippen LogP contribution in [0.5, 0.6) is 0 Å². The van der Waals surface area contributed by atoms with E-state index in [1.807, 2.05) is 35.7 Å². The molecule has 0 saturated carbocycles. The van der Waals surface area contributed by atoms with E-state index in [4.69, 9.17) is 4.52 Å². The van der Waals surface area contributed by atoms with Crippen molar-refractivity contribution in [2.45, 2.75) is 23.7 Å². The zero-order valence-electron chi connectivity index (χ0n) is 14.4. The number of thiophene rings is 1. The van der Waals surface area contributed by atoms with Crippen LogP contribution in [0.25, 0.3) is 10.7 Å². The maximum absolute atomic E-state index is 5.32. The molecule has 138 valence electrons. The largest absolute Gasteiger partial charge is 0.356 e. The van der Waals surface area contributed by atoms with E-state index in [1.54, 1.807) is 34.4 Å². The Morgan fingerprint density at radius 2 is 2.00 bits per heavy atom. The van der Waals surface area contributed by atoms with E-state index in [0.717, 1.165) is 39.5 Å². The maximum atomic E-state index is 5.32. The molecule has 0 saturated heterocycles. The molecule has 3 aromatic heterocycles. The molecule has 0 aliphatic carbocycles. The summed E-state index contributed by atoms with van der Waals surface area (Å²) in [5, 5.41) is 18.6. The summed E-state index contributed by atoms with van der Waals surface area (Å²) in [6.45, 7) is 0.754. The Morgan fingerprint density at radius 3 is 2.85 bits per heavy atom. The van der Waals surface area contributed by atoms with E-state index in [0.29, 0.717) is 11.7 Å². The quantitative estimate of drug-likeness (QED) is 0.305. The second-order valence-electron chi connectivity index (χ2n) is 5.65. The van der Waals surface area contributed by atoms with Crippen molar-refractivity contribution in [2.75, 3.05) is 11.1 Å². The molecule has 0 aliphatic rings. The van der Waals surface area contributed by atoms with Gasteiger partial charge in [-0.25, -0.2) is 0 Å². The van der Waals surface area contributed by atoms with Gasteiger partial charge in [0.1, 0.15) is 0 Å². The first-order valence-electron chi connectivity index (χ1n) is 8.47. The van der Waals surface area contributed by atoms with Crippen molar-refractivity contribution >= 4 is 39.6 Å². The zero-order valence-corrected chi connectivity index (χ0v) is 16.8. The molecular weight excluding hydrogens is 398 g/mol. The van der Waals surface area contributed by atoms with Gasteiger partial charge in [-0.05, 0) is 23.4 Å². The van der Waals surface area contributed by atoms with Gasteiger partial charge in [0.15, 0.2) is 4.34 Å². The molecule has 0 fully saturated rings. The van der Waals surface area contributed by atoms with Gasteiger partial charge in [-0.3, -0.25) is 0 Å². The van der Waals surface area contributed by atoms with Gasteiger partial charge in [0.25, 0.3) is 0 Å². The number of aromatic nitrogens is 4. The molecule has 0 amide bonds. The van der Waals surface area contributed by atoms with Gasteiger partial charge in [-0.15, -0.1) is 21.5 Å². The highest BCUT2D eigenvalue weighted by atomic mass is 32.2. The lowest BCUT2D eigenvalue weighted by Crippen LogP contribution is -1.98. The number of aryl methyl sites for hydroxylation is 1. The Hall–Kier alpha value is -2.23. The van der Waals surface area contributed by atoms with E-state index >= 15 is 0 Å². The maximum Gasteiger partial charge on any atom is 0.227 e. The van der Waals surface area contributed by atoms with Crippen LogP contribution in [0.3, 0.4) is 0 Å². The minimum atomic E-state index is 0.672. The predicted molar refractivity (Wildman–Crippen MR) is 110 cm³/mol. The van der Waals surface area contributed by atoms with Crippen molar-refractivity contribution in [1.82, 2.24) is 20.3 Å². The van der Waals surface area contributed by atoms with E-state index in [1.165, 1.54) is 5.56 Å². The highest BCUT2D eigenvalue weighted by Crippen LogP contribution is 2.27. The third kappa shape index (κ3) is 5.15. The van der Waals surface area contributed by atoms with Gasteiger partial charge in [-0.2, -0.15) is 4.98 Å². The highest BCUT2D eigenvalue weighted by molar-refractivity contribution is 8.01. The number of nitrogens with one attached hydrogen (secondary N) is 1. The summed E-state index contributed by atoms with van der Waals surface area (Å²) >= 11 is 4.90. The molecule has 9 heteroatoms. The predicted octanol–water partition coefficient (Wildman–Crippen LogP) is 4.99. The summed E-state index contributed by atoms with van der Waals surface area (Å²) in [5.41, 5.74) is 1.23. The molecule has 0 spiro atoms. The van der Waals surface area contributed by atoms with Gasteiger partial charge >= 0.3 is 0 Å². The second kappa shape index (κ2) is 9.12. The topological polar surface area (TPSA) is 76.7 Å². The van der Waals surface area contributed by atoms with Crippen molar-refractivity contribution in [3.63, 3.8) is 0 Å². The first-order valence-corrected chi connectivity index (χ1v) is 11.2. The average molecular weight is 416 g/mol. The Labute approximate surface area is 169 Å². The Bertz CT molecular complexity index is 952. The highest BCUT2D eigenvalue weighted by Gasteiger charge is 2.10. The summed E-state index contributed by atoms with van der Waals surface area (Å²) in [5.74, 6) is 2.29. The van der Waals surface area contributed by atoms with Crippen LogP contribution in [-0.4, -0.2) is 26.1 Å². The minimum absolute atomic E-state index is 0.672. The average Bonchev–Trinajstić information content (AvgIpc) is 3.46. The standard InChI is InChI=1S/C18H17N5OS3/c1-2-6-13(7-3-1)12-19-17-21-22-18(27-17)26-11-5-9-15-20-16(23-24-15)14-8-4-10-25-14/h1-4,6-8,10H,5,9,11-12H2,(H,19,21). The van der Waals surface area contributed by atoms with E-state index in [-0.39, 0.29) is 0 Å². The van der Waals surface area contributed by atoms with Crippen LogP contribution >= 0.6 is 34.4 Å². The molecule has 3 heterocycles. The lowest BCUT2D eigenvalue weighted by molar-refractivity contribution is 0.378. The molecular formula is C18H17N5OS3. The Morgan fingerprint density at radius 1 is 1.07 bits per heavy atom. The van der Waals surface area contributed by atoms with Crippen LogP contribution in [0, 0.1) is 0 Å². The van der Waals surface area contributed by atoms with Gasteiger partial charge in [0.05, 0.1) is 4.88 Å². The molecule has 0 unspecified atom stereocenters. The Kier molecular flexibility index (Phi) is 6.13. The molecule has 0 bridgehead atoms. The van der Waals surface area contributed by atoms with Crippen LogP contribution in [0.2, 0.25) is 0 Å². The molecule has 4 aromatic rings. The van der Waals surface area contributed by atoms with Crippen molar-refractivity contribution in [3.8, 4) is 10.7 Å². The molecule has 4 rings (SSSR count). The van der Waals surface area contributed by atoms with E-state index < -0.39 is 0 Å². The molecule has 0 atom stereocenters. The summed E-state index contributed by atoms with van der Waals surface area (Å²) in [6.07, 6.45) is 1.71. The number of hydrogen-bond donors (Lipinski definition) is 1. The van der Waals surface area contributed by atoms with Gasteiger partial charge in [0, 0.05) is 18.7 Å². The fraction of sp³-hybridized carbons (Fsp3) is 0.222. The molecule has 27 heavy (non-hydrogen) atoms. The van der Waals surface area contributed by atoms with Gasteiger partial charge < -0.3 is 9.84 Å². The molecule has 6 nitrogen and oxygen atoms in total. The van der Waals surface area contributed by atoms with Crippen LogP contribution < -0.4 is 5.32 Å². The number of rotatable bonds is 9. The lowest BCUT2D eigenvalue weighted by Gasteiger charge is -2.00. The SMILES string of the molecule is c1ccc(CNc2nnc(SCCCc3nc(-c4cccs4)no3)s2)cc1. The van der Waals surface area contributed by atoms with Crippen molar-refractivity contribution in [3.05, 3.63) is 59.3 Å². The third-order valence-corrected chi connectivity index (χ3v) is 6.63. The van der Waals surface area contributed by atoms with Crippen molar-refractivity contribution < 1.29 is 4.52 Å². The fourth-order valence-electron chi connectivity index (χ4n) is 2.36. The number of nitrogens with zero attached hydrogens (tertiary/aromatic N) is 4. The second-order valence-corrected chi connectivity index (χ2v) is 8.92. The van der Waals surface area contributed by atoms with E-state index in [2.05, 4.69) is 37.8 Å². The van der Waals surface area contributed by atoms with E-state index in [9.17, 15) is 0 Å². The first kappa shape index (κ1) is 18.1. The van der Waals surface area contributed by atoms with Crippen molar-refractivity contribution in [1.29, 1.82) is 0 Å². The molecule has 0 aliphatic heterocycles. The first-order chi connectivity index (χ1) is 13.4. The summed E-state index contributed by atoms with van der Waals surface area (Å²) < 4.78 is 6.29. The summed E-state index contributed by atoms with van der Waals surface area (Å²) in [7, 11) is 0. The van der Waals surface area contributed by atoms with Crippen LogP contribution in [0.15, 0.2) is 56.7 Å². The number of anilines is 1. The number of benzene rings is 1. The monoisotopic (exact) mass is 415 g/mol. The smallest absolute Gasteiger partial charge is 0.227 e. The molecule has 0 radical (unpaired) electrons. The van der Waals surface area contributed by atoms with Crippen molar-refractivity contribution in [2.24, 2.45) is 0 Å². The summed E-state index contributed by atoms with van der Waals surface area (Å²) in [4.78, 5) is 5.47. The molecule has 1 N–H and O–H groups in total. The van der Waals surface area contributed by atoms with Crippen LogP contribution in [-0.2, 0) is 13.0 Å². The van der Waals surface area contributed by atoms with Crippen LogP contribution in [0.1, 0.15) is 17.9 Å². The fourth-order valence-corrected chi connectivity index (χ4v) is 4.76.